The summed E-state index contributed by atoms with van der Waals surface area (Å²) in [7, 11) is 0. The summed E-state index contributed by atoms with van der Waals surface area (Å²) in [6.45, 7) is 0. The third kappa shape index (κ3) is 4.02. The number of hydrogen-bond acceptors (Lipinski definition) is 4. The van der Waals surface area contributed by atoms with Crippen molar-refractivity contribution in [2.75, 3.05) is 0 Å². The molecule has 2 aliphatic rings. The summed E-state index contributed by atoms with van der Waals surface area (Å²) in [5.41, 5.74) is 0. The van der Waals surface area contributed by atoms with Gasteiger partial charge in [-0.1, -0.05) is 0 Å². The van der Waals surface area contributed by atoms with Crippen LogP contribution >= 0.6 is 0 Å². The summed E-state index contributed by atoms with van der Waals surface area (Å²) < 4.78 is 177. The highest BCUT2D eigenvalue weighted by Gasteiger charge is 2.81. The Morgan fingerprint density at radius 2 is 0.852 bits per heavy atom. The molecule has 0 aromatic carbocycles. The van der Waals surface area contributed by atoms with Gasteiger partial charge >= 0.3 is 54.4 Å². The highest BCUT2D eigenvalue weighted by atomic mass is 19.4. The second-order valence-electron chi connectivity index (χ2n) is 4.15. The molecule has 0 bridgehead atoms. The molecule has 2 heterocycles. The molecule has 2 fully saturated rings. The van der Waals surface area contributed by atoms with Gasteiger partial charge < -0.3 is 18.9 Å². The largest absolute Gasteiger partial charge is 0.510 e. The van der Waals surface area contributed by atoms with E-state index in [0.29, 0.717) is 0 Å². The first-order chi connectivity index (χ1) is 11.8. The van der Waals surface area contributed by atoms with Crippen LogP contribution in [0.5, 0.6) is 0 Å². The fourth-order valence-corrected chi connectivity index (χ4v) is 1.14. The number of rotatable bonds is 0. The molecule has 2 saturated heterocycles. The van der Waals surface area contributed by atoms with E-state index in [1.54, 1.807) is 0 Å². The Labute approximate surface area is 136 Å². The average molecular weight is 438 g/mol. The third-order valence-corrected chi connectivity index (χ3v) is 2.28. The smallest absolute Gasteiger partial charge is 0.407 e. The monoisotopic (exact) mass is 438 g/mol. The summed E-state index contributed by atoms with van der Waals surface area (Å²) in [6, 6.07) is 0. The molecule has 1 atom stereocenters. The molecule has 0 aromatic rings. The van der Waals surface area contributed by atoms with Gasteiger partial charge in [-0.15, -0.1) is 0 Å². The van der Waals surface area contributed by atoms with Crippen molar-refractivity contribution in [1.29, 1.82) is 0 Å². The molecule has 0 aliphatic carbocycles. The van der Waals surface area contributed by atoms with Crippen molar-refractivity contribution in [2.24, 2.45) is 0 Å². The summed E-state index contributed by atoms with van der Waals surface area (Å²) in [4.78, 5) is 0. The maximum atomic E-state index is 12.6. The summed E-state index contributed by atoms with van der Waals surface area (Å²) in [6.07, 6.45) is -27.9. The zero-order valence-electron chi connectivity index (χ0n) is 11.4. The van der Waals surface area contributed by atoms with Crippen molar-refractivity contribution in [3.63, 3.8) is 0 Å². The highest BCUT2D eigenvalue weighted by molar-refractivity contribution is 5.01. The molecule has 0 aromatic heterocycles. The average Bonchev–Trinajstić information content (AvgIpc) is 2.81. The molecule has 0 spiro atoms. The Morgan fingerprint density at radius 1 is 0.556 bits per heavy atom. The lowest BCUT2D eigenvalue weighted by Crippen LogP contribution is -2.53. The third-order valence-electron chi connectivity index (χ3n) is 2.28. The van der Waals surface area contributed by atoms with Crippen LogP contribution in [-0.4, -0.2) is 30.4 Å². The van der Waals surface area contributed by atoms with Gasteiger partial charge in [0.25, 0.3) is 0 Å². The molecule has 2 aliphatic heterocycles. The minimum atomic E-state index is -6.21. The van der Waals surface area contributed by atoms with E-state index in [1.165, 1.54) is 0 Å². The molecule has 0 N–H and O–H groups in total. The fourth-order valence-electron chi connectivity index (χ4n) is 1.14. The predicted molar refractivity (Wildman–Crippen MR) is 47.6 cm³/mol. The van der Waals surface area contributed by atoms with E-state index in [1.807, 2.05) is 0 Å². The zero-order valence-corrected chi connectivity index (χ0v) is 11.4. The van der Waals surface area contributed by atoms with Crippen LogP contribution in [0, 0.1) is 0 Å². The van der Waals surface area contributed by atoms with Crippen LogP contribution < -0.4 is 0 Å². The lowest BCUT2D eigenvalue weighted by Gasteiger charge is -2.23. The molecule has 0 amide bonds. The maximum Gasteiger partial charge on any atom is 0.510 e. The fraction of sp³-hybridized carbons (Fsp3) is 0.556. The Hall–Kier alpha value is -2.30. The molecule has 4 nitrogen and oxygen atoms in total. The SMILES string of the molecule is FC(F)=C1OC(F)(F)C(F)(C(F)(F)F)O1.FC(F)=C1OC(F)(F)C(F)(F)O1. The van der Waals surface area contributed by atoms with Crippen LogP contribution in [0.1, 0.15) is 0 Å². The van der Waals surface area contributed by atoms with Gasteiger partial charge in [-0.05, 0) is 0 Å². The second kappa shape index (κ2) is 6.39. The first-order valence-electron chi connectivity index (χ1n) is 5.53. The Bertz CT molecular complexity index is 625. The van der Waals surface area contributed by atoms with Crippen molar-refractivity contribution in [1.82, 2.24) is 0 Å². The predicted octanol–water partition coefficient (Wildman–Crippen LogP) is 5.20. The van der Waals surface area contributed by atoms with Gasteiger partial charge in [0.15, 0.2) is 0 Å². The van der Waals surface area contributed by atoms with Gasteiger partial charge in [-0.25, -0.2) is 0 Å². The van der Waals surface area contributed by atoms with Gasteiger partial charge in [0.2, 0.25) is 0 Å². The summed E-state index contributed by atoms with van der Waals surface area (Å²) in [5.74, 6) is -10.2. The molecule has 1 unspecified atom stereocenters. The number of halogens is 14. The van der Waals surface area contributed by atoms with Crippen LogP contribution in [-0.2, 0) is 18.9 Å². The van der Waals surface area contributed by atoms with Crippen molar-refractivity contribution >= 4 is 0 Å². The van der Waals surface area contributed by atoms with Gasteiger partial charge in [0.1, 0.15) is 0 Å². The lowest BCUT2D eigenvalue weighted by molar-refractivity contribution is -0.393. The van der Waals surface area contributed by atoms with Gasteiger partial charge in [0.05, 0.1) is 0 Å². The van der Waals surface area contributed by atoms with Crippen LogP contribution in [0.25, 0.3) is 0 Å². The van der Waals surface area contributed by atoms with E-state index < -0.39 is 54.4 Å². The molecule has 2 rings (SSSR count). The molecular weight excluding hydrogens is 438 g/mol. The molecule has 27 heavy (non-hydrogen) atoms. The standard InChI is InChI=1S/C5F8O2.C4F6O2/c6-1(7)2-14-3(8,4(9,10)11)5(12,13)15-2;5-1(6)2-11-3(7,8)4(9,10)12-2. The van der Waals surface area contributed by atoms with Crippen LogP contribution in [0.15, 0.2) is 24.1 Å². The molecule has 18 heteroatoms. The molecule has 0 radical (unpaired) electrons. The van der Waals surface area contributed by atoms with E-state index in [0.717, 1.165) is 0 Å². The lowest BCUT2D eigenvalue weighted by atomic mass is 10.3. The number of ether oxygens (including phenoxy) is 4. The molecule has 158 valence electrons. The quantitative estimate of drug-likeness (QED) is 0.488. The zero-order chi connectivity index (χ0) is 21.6. The normalized spacial score (nSPS) is 27.5. The Balaban J connectivity index is 0.000000277. The number of hydrogen-bond donors (Lipinski definition) is 0. The van der Waals surface area contributed by atoms with Crippen molar-refractivity contribution in [3.05, 3.63) is 24.1 Å². The maximum absolute atomic E-state index is 12.6. The van der Waals surface area contributed by atoms with E-state index in [2.05, 4.69) is 18.9 Å². The minimum absolute atomic E-state index is 2.15. The topological polar surface area (TPSA) is 36.9 Å². The summed E-state index contributed by atoms with van der Waals surface area (Å²) >= 11 is 0. The minimum Gasteiger partial charge on any atom is -0.407 e. The van der Waals surface area contributed by atoms with E-state index in [9.17, 15) is 61.5 Å². The van der Waals surface area contributed by atoms with Gasteiger partial charge in [0, 0.05) is 0 Å². The van der Waals surface area contributed by atoms with Crippen molar-refractivity contribution in [2.45, 2.75) is 30.4 Å². The number of alkyl halides is 10. The van der Waals surface area contributed by atoms with Crippen molar-refractivity contribution < 1.29 is 80.4 Å². The molecular formula is C9F14O4. The van der Waals surface area contributed by atoms with Gasteiger partial charge in [-0.3, -0.25) is 0 Å². The molecule has 0 saturated carbocycles. The van der Waals surface area contributed by atoms with Gasteiger partial charge in [-0.2, -0.15) is 61.5 Å². The Kier molecular flexibility index (Phi) is 5.39. The van der Waals surface area contributed by atoms with Crippen LogP contribution in [0.4, 0.5) is 61.5 Å². The van der Waals surface area contributed by atoms with E-state index >= 15 is 0 Å². The van der Waals surface area contributed by atoms with Crippen LogP contribution in [0.3, 0.4) is 0 Å². The Morgan fingerprint density at radius 3 is 1.04 bits per heavy atom. The summed E-state index contributed by atoms with van der Waals surface area (Å²) in [5, 5.41) is 0. The van der Waals surface area contributed by atoms with Crippen LogP contribution in [0.2, 0.25) is 0 Å². The first-order valence-corrected chi connectivity index (χ1v) is 5.53. The van der Waals surface area contributed by atoms with Crippen molar-refractivity contribution in [3.8, 4) is 0 Å². The van der Waals surface area contributed by atoms with E-state index in [-0.39, 0.29) is 0 Å². The highest BCUT2D eigenvalue weighted by Crippen LogP contribution is 2.53. The van der Waals surface area contributed by atoms with E-state index in [4.69, 9.17) is 0 Å². The first kappa shape index (κ1) is 22.7. The second-order valence-corrected chi connectivity index (χ2v) is 4.15.